The van der Waals surface area contributed by atoms with Crippen molar-refractivity contribution in [3.8, 4) is 0 Å². The van der Waals surface area contributed by atoms with E-state index < -0.39 is 26.7 Å². The Labute approximate surface area is 117 Å². The highest BCUT2D eigenvalue weighted by atomic mass is 31.2. The quantitative estimate of drug-likeness (QED) is 0.453. The molecule has 20 heavy (non-hydrogen) atoms. The Kier molecular flexibility index (Phi) is 4.52. The van der Waals surface area contributed by atoms with Crippen LogP contribution < -0.4 is 0 Å². The summed E-state index contributed by atoms with van der Waals surface area (Å²) in [5.41, 5.74) is 0. The van der Waals surface area contributed by atoms with E-state index >= 15 is 0 Å². The minimum absolute atomic E-state index is 0.0735. The minimum atomic E-state index is -5.33. The third kappa shape index (κ3) is 3.03. The van der Waals surface area contributed by atoms with Gasteiger partial charge in [-0.1, -0.05) is 0 Å². The highest BCUT2D eigenvalue weighted by Crippen LogP contribution is 2.69. The van der Waals surface area contributed by atoms with E-state index in [1.807, 2.05) is 4.90 Å². The fourth-order valence-corrected chi connectivity index (χ4v) is 5.36. The molecule has 1 saturated heterocycles. The van der Waals surface area contributed by atoms with E-state index in [2.05, 4.69) is 0 Å². The summed E-state index contributed by atoms with van der Waals surface area (Å²) in [4.78, 5) is 38.3. The molecular weight excluding hydrogens is 308 g/mol. The maximum atomic E-state index is 11.3. The second-order valence-electron chi connectivity index (χ2n) is 5.77. The first-order valence-corrected chi connectivity index (χ1v) is 9.85. The lowest BCUT2D eigenvalue weighted by Gasteiger charge is -2.36. The van der Waals surface area contributed by atoms with Crippen molar-refractivity contribution in [2.24, 2.45) is 5.92 Å². The predicted molar refractivity (Wildman–Crippen MR) is 71.0 cm³/mol. The summed E-state index contributed by atoms with van der Waals surface area (Å²) in [6.45, 7) is 0.817. The number of fused-ring (bicyclic) bond motifs is 2. The molecular formula is C10H21NO7P2. The second-order valence-corrected chi connectivity index (χ2v) is 9.78. The topological polar surface area (TPSA) is 139 Å². The predicted octanol–water partition coefficient (Wildman–Crippen LogP) is 0.252. The van der Waals surface area contributed by atoms with Crippen LogP contribution in [0.4, 0.5) is 0 Å². The Morgan fingerprint density at radius 1 is 1.05 bits per heavy atom. The minimum Gasteiger partial charge on any atom is -0.367 e. The Bertz CT molecular complexity index is 437. The van der Waals surface area contributed by atoms with E-state index in [-0.39, 0.29) is 6.54 Å². The molecule has 0 amide bonds. The first kappa shape index (κ1) is 16.6. The van der Waals surface area contributed by atoms with Gasteiger partial charge in [0.05, 0.1) is 0 Å². The third-order valence-corrected chi connectivity index (χ3v) is 8.40. The first-order valence-electron chi connectivity index (χ1n) is 6.62. The van der Waals surface area contributed by atoms with E-state index in [9.17, 15) is 14.2 Å². The Hall–Kier alpha value is 0.220. The van der Waals surface area contributed by atoms with Gasteiger partial charge in [0, 0.05) is 19.0 Å². The van der Waals surface area contributed by atoms with E-state index in [1.165, 1.54) is 0 Å². The molecule has 1 heterocycles. The molecule has 8 nitrogen and oxygen atoms in total. The van der Waals surface area contributed by atoms with Crippen LogP contribution in [-0.4, -0.2) is 53.8 Å². The Morgan fingerprint density at radius 2 is 1.65 bits per heavy atom. The molecule has 0 spiro atoms. The molecule has 1 saturated carbocycles. The molecule has 0 aromatic carbocycles. The zero-order valence-corrected chi connectivity index (χ0v) is 12.8. The molecule has 10 heteroatoms. The molecule has 0 aromatic heterocycles. The summed E-state index contributed by atoms with van der Waals surface area (Å²) in [5, 5.41) is 6.55. The standard InChI is InChI=1S/C10H21NO7P2/c12-10(19(13,14)15,20(16,17)18)4-6-11-5-3-8-1-2-9(11)7-8/h8-9,12H,1-7H2,(H2,13,14,15)(H2,16,17,18). The van der Waals surface area contributed by atoms with Crippen molar-refractivity contribution in [1.29, 1.82) is 0 Å². The van der Waals surface area contributed by atoms with Crippen LogP contribution in [0.1, 0.15) is 32.1 Å². The fourth-order valence-electron chi connectivity index (χ4n) is 3.22. The van der Waals surface area contributed by atoms with Gasteiger partial charge in [-0.15, -0.1) is 0 Å². The summed E-state index contributed by atoms with van der Waals surface area (Å²) in [6, 6.07) is 0.298. The zero-order chi connectivity index (χ0) is 15.2. The van der Waals surface area contributed by atoms with E-state index in [0.717, 1.165) is 32.2 Å². The van der Waals surface area contributed by atoms with Gasteiger partial charge in [0.25, 0.3) is 5.08 Å². The summed E-state index contributed by atoms with van der Waals surface area (Å²) >= 11 is 0. The molecule has 1 aliphatic heterocycles. The highest BCUT2D eigenvalue weighted by molar-refractivity contribution is 7.72. The largest absolute Gasteiger partial charge is 0.369 e. The van der Waals surface area contributed by atoms with Crippen LogP contribution in [0.5, 0.6) is 0 Å². The van der Waals surface area contributed by atoms with E-state index in [4.69, 9.17) is 19.6 Å². The van der Waals surface area contributed by atoms with Gasteiger partial charge in [0.1, 0.15) is 0 Å². The molecule has 2 bridgehead atoms. The molecule has 0 aromatic rings. The second kappa shape index (κ2) is 5.45. The lowest BCUT2D eigenvalue weighted by molar-refractivity contribution is 0.0888. The van der Waals surface area contributed by atoms with Crippen LogP contribution in [-0.2, 0) is 9.13 Å². The van der Waals surface area contributed by atoms with Crippen molar-refractivity contribution in [3.63, 3.8) is 0 Å². The van der Waals surface area contributed by atoms with Crippen LogP contribution in [0.25, 0.3) is 0 Å². The third-order valence-electron chi connectivity index (χ3n) is 4.52. The SMILES string of the molecule is O=P(O)(O)C(O)(CCN1CCC2CCC1C2)P(=O)(O)O. The van der Waals surface area contributed by atoms with Crippen molar-refractivity contribution in [2.75, 3.05) is 13.1 Å². The van der Waals surface area contributed by atoms with Crippen molar-refractivity contribution in [2.45, 2.75) is 43.2 Å². The van der Waals surface area contributed by atoms with Gasteiger partial charge < -0.3 is 29.6 Å². The van der Waals surface area contributed by atoms with Crippen molar-refractivity contribution < 1.29 is 33.8 Å². The molecule has 1 aliphatic carbocycles. The van der Waals surface area contributed by atoms with Crippen molar-refractivity contribution in [1.82, 2.24) is 4.90 Å². The van der Waals surface area contributed by atoms with Crippen LogP contribution in [0.15, 0.2) is 0 Å². The molecule has 118 valence electrons. The number of rotatable bonds is 5. The van der Waals surface area contributed by atoms with Crippen molar-refractivity contribution >= 4 is 15.2 Å². The molecule has 2 atom stereocenters. The van der Waals surface area contributed by atoms with Gasteiger partial charge in [-0.05, 0) is 38.1 Å². The average molecular weight is 329 g/mol. The number of piperidine rings is 1. The Morgan fingerprint density at radius 3 is 2.20 bits per heavy atom. The van der Waals surface area contributed by atoms with Gasteiger partial charge >= 0.3 is 15.2 Å². The maximum absolute atomic E-state index is 11.3. The smallest absolute Gasteiger partial charge is 0.367 e. The van der Waals surface area contributed by atoms with E-state index in [0.29, 0.717) is 12.0 Å². The molecule has 5 N–H and O–H groups in total. The summed E-state index contributed by atoms with van der Waals surface area (Å²) in [6.07, 6.45) is 3.49. The number of hydrogen-bond donors (Lipinski definition) is 5. The summed E-state index contributed by atoms with van der Waals surface area (Å²) in [7, 11) is -10.7. The maximum Gasteiger partial charge on any atom is 0.369 e. The first-order chi connectivity index (χ1) is 9.04. The Balaban J connectivity index is 2.07. The number of nitrogens with zero attached hydrogens (tertiary/aromatic N) is 1. The highest BCUT2D eigenvalue weighted by Gasteiger charge is 2.59. The van der Waals surface area contributed by atoms with Crippen LogP contribution >= 0.6 is 15.2 Å². The van der Waals surface area contributed by atoms with Crippen LogP contribution in [0.3, 0.4) is 0 Å². The zero-order valence-electron chi connectivity index (χ0n) is 11.0. The van der Waals surface area contributed by atoms with Crippen LogP contribution in [0.2, 0.25) is 0 Å². The van der Waals surface area contributed by atoms with Crippen molar-refractivity contribution in [3.05, 3.63) is 0 Å². The lowest BCUT2D eigenvalue weighted by Crippen LogP contribution is -2.42. The van der Waals surface area contributed by atoms with Gasteiger partial charge in [-0.25, -0.2) is 0 Å². The normalized spacial score (nSPS) is 28.9. The average Bonchev–Trinajstić information content (AvgIpc) is 2.67. The molecule has 2 aliphatic rings. The molecule has 2 unspecified atom stereocenters. The van der Waals surface area contributed by atoms with Gasteiger partial charge in [-0.3, -0.25) is 9.13 Å². The van der Waals surface area contributed by atoms with Gasteiger partial charge in [-0.2, -0.15) is 0 Å². The number of hydrogen-bond acceptors (Lipinski definition) is 4. The van der Waals surface area contributed by atoms with Gasteiger partial charge in [0.15, 0.2) is 0 Å². The van der Waals surface area contributed by atoms with E-state index in [1.54, 1.807) is 0 Å². The van der Waals surface area contributed by atoms with Crippen LogP contribution in [0, 0.1) is 5.92 Å². The summed E-state index contributed by atoms with van der Waals surface area (Å²) < 4.78 is 22.5. The molecule has 2 rings (SSSR count). The molecule has 2 fully saturated rings. The lowest BCUT2D eigenvalue weighted by atomic mass is 9.99. The molecule has 0 radical (unpaired) electrons. The fraction of sp³-hybridized carbons (Fsp3) is 1.00. The summed E-state index contributed by atoms with van der Waals surface area (Å²) in [5.74, 6) is 0.693. The number of aliphatic hydroxyl groups is 1. The van der Waals surface area contributed by atoms with Gasteiger partial charge in [0.2, 0.25) is 0 Å². The monoisotopic (exact) mass is 329 g/mol. The number of likely N-dealkylation sites (tertiary alicyclic amines) is 1.